The van der Waals surface area contributed by atoms with E-state index in [-0.39, 0.29) is 16.5 Å². The van der Waals surface area contributed by atoms with E-state index in [4.69, 9.17) is 16.7 Å². The largest absolute Gasteiger partial charge is 0.395 e. The van der Waals surface area contributed by atoms with Crippen LogP contribution in [0.5, 0.6) is 0 Å². The van der Waals surface area contributed by atoms with E-state index >= 15 is 0 Å². The fourth-order valence-electron chi connectivity index (χ4n) is 1.06. The van der Waals surface area contributed by atoms with E-state index in [2.05, 4.69) is 4.72 Å². The van der Waals surface area contributed by atoms with Gasteiger partial charge in [-0.2, -0.15) is 0 Å². The van der Waals surface area contributed by atoms with Crippen LogP contribution in [0.1, 0.15) is 6.92 Å². The monoisotopic (exact) mass is 267 g/mol. The molecule has 0 aliphatic rings. The Morgan fingerprint density at radius 3 is 2.69 bits per heavy atom. The summed E-state index contributed by atoms with van der Waals surface area (Å²) in [6.07, 6.45) is 0. The van der Waals surface area contributed by atoms with Gasteiger partial charge < -0.3 is 5.11 Å². The minimum atomic E-state index is -3.83. The number of aliphatic hydroxyl groups is 1. The van der Waals surface area contributed by atoms with Gasteiger partial charge in [0.2, 0.25) is 10.0 Å². The molecule has 16 heavy (non-hydrogen) atoms. The molecule has 0 saturated heterocycles. The Morgan fingerprint density at radius 2 is 2.19 bits per heavy atom. The molecule has 0 fully saturated rings. The van der Waals surface area contributed by atoms with Crippen molar-refractivity contribution in [3.63, 3.8) is 0 Å². The maximum absolute atomic E-state index is 12.7. The number of aliphatic hydroxyl groups excluding tert-OH is 1. The maximum Gasteiger partial charge on any atom is 0.242 e. The first-order valence-electron chi connectivity index (χ1n) is 4.45. The highest BCUT2D eigenvalue weighted by Crippen LogP contribution is 2.22. The highest BCUT2D eigenvalue weighted by atomic mass is 35.5. The van der Waals surface area contributed by atoms with Crippen molar-refractivity contribution in [2.24, 2.45) is 0 Å². The van der Waals surface area contributed by atoms with Crippen LogP contribution in [-0.2, 0) is 10.0 Å². The summed E-state index contributed by atoms with van der Waals surface area (Å²) in [6.45, 7) is 1.16. The van der Waals surface area contributed by atoms with E-state index < -0.39 is 21.9 Å². The number of nitrogens with one attached hydrogen (secondary N) is 1. The molecule has 0 radical (unpaired) electrons. The average molecular weight is 268 g/mol. The second kappa shape index (κ2) is 5.09. The quantitative estimate of drug-likeness (QED) is 0.860. The molecule has 0 bridgehead atoms. The molecule has 0 aromatic heterocycles. The van der Waals surface area contributed by atoms with Crippen LogP contribution in [-0.4, -0.2) is 26.2 Å². The molecule has 0 unspecified atom stereocenters. The van der Waals surface area contributed by atoms with Gasteiger partial charge in [0.05, 0.1) is 11.6 Å². The minimum Gasteiger partial charge on any atom is -0.395 e. The first-order valence-corrected chi connectivity index (χ1v) is 6.31. The van der Waals surface area contributed by atoms with Crippen LogP contribution in [0.15, 0.2) is 23.1 Å². The van der Waals surface area contributed by atoms with Gasteiger partial charge in [0.1, 0.15) is 10.7 Å². The summed E-state index contributed by atoms with van der Waals surface area (Å²) in [7, 11) is -3.83. The van der Waals surface area contributed by atoms with E-state index in [9.17, 15) is 12.8 Å². The van der Waals surface area contributed by atoms with E-state index in [1.165, 1.54) is 6.92 Å². The van der Waals surface area contributed by atoms with E-state index in [0.717, 1.165) is 18.2 Å². The van der Waals surface area contributed by atoms with Gasteiger partial charge in [-0.25, -0.2) is 17.5 Å². The highest BCUT2D eigenvalue weighted by molar-refractivity contribution is 7.89. The molecule has 1 aromatic rings. The third kappa shape index (κ3) is 3.15. The zero-order chi connectivity index (χ0) is 12.3. The molecular weight excluding hydrogens is 257 g/mol. The van der Waals surface area contributed by atoms with Crippen LogP contribution in [0.2, 0.25) is 5.02 Å². The van der Waals surface area contributed by atoms with Crippen molar-refractivity contribution >= 4 is 21.6 Å². The molecule has 0 spiro atoms. The summed E-state index contributed by atoms with van der Waals surface area (Å²) >= 11 is 5.62. The fourth-order valence-corrected chi connectivity index (χ4v) is 2.82. The molecule has 0 aliphatic heterocycles. The molecule has 0 aliphatic carbocycles. The second-order valence-electron chi connectivity index (χ2n) is 3.28. The van der Waals surface area contributed by atoms with Gasteiger partial charge in [0.15, 0.2) is 0 Å². The van der Waals surface area contributed by atoms with E-state index in [0.29, 0.717) is 0 Å². The molecule has 0 saturated carbocycles. The average Bonchev–Trinajstić information content (AvgIpc) is 2.16. The van der Waals surface area contributed by atoms with Crippen LogP contribution < -0.4 is 4.72 Å². The summed E-state index contributed by atoms with van der Waals surface area (Å²) < 4.78 is 38.3. The molecule has 90 valence electrons. The molecule has 2 N–H and O–H groups in total. The third-order valence-corrected chi connectivity index (χ3v) is 3.89. The molecular formula is C9H11ClFNO3S. The van der Waals surface area contributed by atoms with Gasteiger partial charge in [0.25, 0.3) is 0 Å². The Hall–Kier alpha value is -0.690. The Kier molecular flexibility index (Phi) is 4.26. The topological polar surface area (TPSA) is 66.4 Å². The zero-order valence-corrected chi connectivity index (χ0v) is 10.0. The highest BCUT2D eigenvalue weighted by Gasteiger charge is 2.20. The van der Waals surface area contributed by atoms with Gasteiger partial charge in [-0.1, -0.05) is 11.6 Å². The zero-order valence-electron chi connectivity index (χ0n) is 8.44. The predicted octanol–water partition coefficient (Wildman–Crippen LogP) is 1.14. The lowest BCUT2D eigenvalue weighted by molar-refractivity contribution is 0.265. The minimum absolute atomic E-state index is 0.197. The molecule has 1 atom stereocenters. The SMILES string of the molecule is C[C@@H](CO)NS(=O)(=O)c1ccc(F)cc1Cl. The first-order chi connectivity index (χ1) is 7.36. The lowest BCUT2D eigenvalue weighted by Crippen LogP contribution is -2.35. The maximum atomic E-state index is 12.7. The normalized spacial score (nSPS) is 13.8. The second-order valence-corrected chi connectivity index (χ2v) is 5.37. The van der Waals surface area contributed by atoms with Crippen molar-refractivity contribution in [1.29, 1.82) is 0 Å². The van der Waals surface area contributed by atoms with Crippen LogP contribution in [0.25, 0.3) is 0 Å². The number of sulfonamides is 1. The fraction of sp³-hybridized carbons (Fsp3) is 0.333. The van der Waals surface area contributed by atoms with Gasteiger partial charge in [-0.15, -0.1) is 0 Å². The van der Waals surface area contributed by atoms with Gasteiger partial charge in [-0.3, -0.25) is 0 Å². The molecule has 0 heterocycles. The van der Waals surface area contributed by atoms with Crippen LogP contribution in [0, 0.1) is 5.82 Å². The number of halogens is 2. The van der Waals surface area contributed by atoms with Crippen LogP contribution in [0.3, 0.4) is 0 Å². The lowest BCUT2D eigenvalue weighted by Gasteiger charge is -2.12. The van der Waals surface area contributed by atoms with Gasteiger partial charge in [-0.05, 0) is 25.1 Å². The summed E-state index contributed by atoms with van der Waals surface area (Å²) in [5.74, 6) is -0.612. The number of rotatable bonds is 4. The first kappa shape index (κ1) is 13.4. The summed E-state index contributed by atoms with van der Waals surface area (Å²) in [5.41, 5.74) is 0. The number of benzene rings is 1. The summed E-state index contributed by atoms with van der Waals surface area (Å²) in [5, 5.41) is 8.54. The molecule has 1 rings (SSSR count). The van der Waals surface area contributed by atoms with Crippen molar-refractivity contribution in [1.82, 2.24) is 4.72 Å². The molecule has 1 aromatic carbocycles. The summed E-state index contributed by atoms with van der Waals surface area (Å²) in [6, 6.07) is 2.36. The molecule has 0 amide bonds. The Labute approximate surface area is 98.1 Å². The van der Waals surface area contributed by atoms with Gasteiger partial charge >= 0.3 is 0 Å². The Balaban J connectivity index is 3.08. The third-order valence-electron chi connectivity index (χ3n) is 1.81. The lowest BCUT2D eigenvalue weighted by atomic mass is 10.3. The number of hydrogen-bond donors (Lipinski definition) is 2. The van der Waals surface area contributed by atoms with Crippen LogP contribution >= 0.6 is 11.6 Å². The van der Waals surface area contributed by atoms with Gasteiger partial charge in [0, 0.05) is 6.04 Å². The van der Waals surface area contributed by atoms with Crippen molar-refractivity contribution in [2.75, 3.05) is 6.61 Å². The molecule has 4 nitrogen and oxygen atoms in total. The van der Waals surface area contributed by atoms with Crippen molar-refractivity contribution in [3.8, 4) is 0 Å². The van der Waals surface area contributed by atoms with E-state index in [1.807, 2.05) is 0 Å². The van der Waals surface area contributed by atoms with E-state index in [1.54, 1.807) is 0 Å². The van der Waals surface area contributed by atoms with Crippen LogP contribution in [0.4, 0.5) is 4.39 Å². The smallest absolute Gasteiger partial charge is 0.242 e. The Bertz CT molecular complexity index is 478. The molecule has 7 heteroatoms. The predicted molar refractivity (Wildman–Crippen MR) is 58.3 cm³/mol. The van der Waals surface area contributed by atoms with Crippen molar-refractivity contribution in [3.05, 3.63) is 29.0 Å². The number of hydrogen-bond acceptors (Lipinski definition) is 3. The van der Waals surface area contributed by atoms with Crippen molar-refractivity contribution in [2.45, 2.75) is 17.9 Å². The Morgan fingerprint density at radius 1 is 1.56 bits per heavy atom. The summed E-state index contributed by atoms with van der Waals surface area (Å²) in [4.78, 5) is -0.212. The standard InChI is InChI=1S/C9H11ClFNO3S/c1-6(5-13)12-16(14,15)9-3-2-7(11)4-8(9)10/h2-4,6,12-13H,5H2,1H3/t6-/m0/s1. The van der Waals surface area contributed by atoms with Crippen molar-refractivity contribution < 1.29 is 17.9 Å².